The van der Waals surface area contributed by atoms with Crippen LogP contribution in [0.4, 0.5) is 16.8 Å². The number of hydrogen-bond donors (Lipinski definition) is 2. The first-order chi connectivity index (χ1) is 15.3. The van der Waals surface area contributed by atoms with Crippen molar-refractivity contribution in [2.45, 2.75) is 31.6 Å². The Balaban J connectivity index is 1.33. The largest absolute Gasteiger partial charge is 0.341 e. The maximum atomic E-state index is 12.7. The highest BCUT2D eigenvalue weighted by Gasteiger charge is 2.26. The molecule has 0 unspecified atom stereocenters. The molecule has 3 aromatic rings. The Kier molecular flexibility index (Phi) is 6.38. The zero-order chi connectivity index (χ0) is 22.7. The van der Waals surface area contributed by atoms with Gasteiger partial charge in [-0.05, 0) is 57.0 Å². The summed E-state index contributed by atoms with van der Waals surface area (Å²) in [5.41, 5.74) is 2.42. The first-order valence-corrected chi connectivity index (χ1v) is 12.6. The summed E-state index contributed by atoms with van der Waals surface area (Å²) in [6.45, 7) is 5.31. The van der Waals surface area contributed by atoms with Gasteiger partial charge in [0, 0.05) is 47.7 Å². The van der Waals surface area contributed by atoms with E-state index in [0.717, 1.165) is 11.4 Å². The molecule has 1 aromatic carbocycles. The molecule has 2 aromatic heterocycles. The van der Waals surface area contributed by atoms with E-state index in [1.54, 1.807) is 17.5 Å². The van der Waals surface area contributed by atoms with E-state index in [9.17, 15) is 13.2 Å². The molecule has 1 amide bonds. The third-order valence-corrected chi connectivity index (χ3v) is 7.38. The molecule has 0 spiro atoms. The number of sulfonamides is 1. The van der Waals surface area contributed by atoms with Crippen LogP contribution in [0, 0.1) is 19.8 Å². The molecule has 0 bridgehead atoms. The van der Waals surface area contributed by atoms with Crippen LogP contribution in [0.15, 0.2) is 46.8 Å². The minimum atomic E-state index is -3.72. The molecule has 0 radical (unpaired) electrons. The van der Waals surface area contributed by atoms with Crippen LogP contribution in [0.25, 0.3) is 0 Å². The Morgan fingerprint density at radius 1 is 1.09 bits per heavy atom. The minimum absolute atomic E-state index is 0.0671. The van der Waals surface area contributed by atoms with Crippen LogP contribution >= 0.6 is 11.3 Å². The van der Waals surface area contributed by atoms with Crippen molar-refractivity contribution in [1.29, 1.82) is 0 Å². The Bertz CT molecular complexity index is 1170. The van der Waals surface area contributed by atoms with Gasteiger partial charge in [0.2, 0.25) is 11.9 Å². The molecule has 9 nitrogen and oxygen atoms in total. The van der Waals surface area contributed by atoms with Crippen molar-refractivity contribution in [2.24, 2.45) is 5.92 Å². The highest BCUT2D eigenvalue weighted by atomic mass is 32.2. The second-order valence-electron chi connectivity index (χ2n) is 7.67. The third-order valence-electron chi connectivity index (χ3n) is 5.21. The topological polar surface area (TPSA) is 117 Å². The number of rotatable bonds is 6. The quantitative estimate of drug-likeness (QED) is 0.566. The number of hydrogen-bond acceptors (Lipinski definition) is 8. The fourth-order valence-electron chi connectivity index (χ4n) is 3.60. The fraction of sp³-hybridized carbons (Fsp3) is 0.333. The SMILES string of the molecule is Cc1cc(C)nc(N2CCC(C(=O)Nc3ccc(S(=O)(=O)Nc4nccs4)cc3)CC2)n1. The van der Waals surface area contributed by atoms with E-state index in [-0.39, 0.29) is 16.7 Å². The van der Waals surface area contributed by atoms with Crippen molar-refractivity contribution in [2.75, 3.05) is 28.0 Å². The van der Waals surface area contributed by atoms with Gasteiger partial charge in [-0.3, -0.25) is 9.52 Å². The summed E-state index contributed by atoms with van der Waals surface area (Å²) >= 11 is 1.20. The molecule has 168 valence electrons. The molecular weight excluding hydrogens is 448 g/mol. The van der Waals surface area contributed by atoms with E-state index in [1.165, 1.54) is 29.7 Å². The third kappa shape index (κ3) is 5.22. The van der Waals surface area contributed by atoms with Crippen LogP contribution < -0.4 is 14.9 Å². The smallest absolute Gasteiger partial charge is 0.263 e. The number of aryl methyl sites for hydroxylation is 2. The van der Waals surface area contributed by atoms with Gasteiger partial charge in [0.25, 0.3) is 10.0 Å². The Morgan fingerprint density at radius 2 is 1.75 bits per heavy atom. The van der Waals surface area contributed by atoms with E-state index in [4.69, 9.17) is 0 Å². The zero-order valence-electron chi connectivity index (χ0n) is 17.8. The van der Waals surface area contributed by atoms with Crippen LogP contribution in [0.2, 0.25) is 0 Å². The zero-order valence-corrected chi connectivity index (χ0v) is 19.4. The molecule has 1 aliphatic rings. The Labute approximate surface area is 191 Å². The van der Waals surface area contributed by atoms with Crippen LogP contribution in [-0.4, -0.2) is 42.4 Å². The molecular formula is C21H24N6O3S2. The van der Waals surface area contributed by atoms with Gasteiger partial charge >= 0.3 is 0 Å². The van der Waals surface area contributed by atoms with Crippen molar-refractivity contribution in [1.82, 2.24) is 15.0 Å². The summed E-state index contributed by atoms with van der Waals surface area (Å²) < 4.78 is 27.3. The average molecular weight is 473 g/mol. The van der Waals surface area contributed by atoms with Gasteiger partial charge < -0.3 is 10.2 Å². The number of aromatic nitrogens is 3. The number of carbonyl (C=O) groups excluding carboxylic acids is 1. The average Bonchev–Trinajstić information content (AvgIpc) is 3.26. The molecule has 0 saturated carbocycles. The second-order valence-corrected chi connectivity index (χ2v) is 10.2. The number of benzene rings is 1. The van der Waals surface area contributed by atoms with E-state index in [0.29, 0.717) is 42.7 Å². The Morgan fingerprint density at radius 3 is 2.34 bits per heavy atom. The van der Waals surface area contributed by atoms with Crippen LogP contribution in [0.1, 0.15) is 24.2 Å². The van der Waals surface area contributed by atoms with E-state index >= 15 is 0 Å². The predicted octanol–water partition coefficient (Wildman–Crippen LogP) is 3.21. The van der Waals surface area contributed by atoms with Gasteiger partial charge in [0.05, 0.1) is 4.90 Å². The van der Waals surface area contributed by atoms with Crippen LogP contribution in [0.3, 0.4) is 0 Å². The highest BCUT2D eigenvalue weighted by Crippen LogP contribution is 2.24. The molecule has 0 aliphatic carbocycles. The Hall–Kier alpha value is -3.05. The van der Waals surface area contributed by atoms with Crippen molar-refractivity contribution < 1.29 is 13.2 Å². The second kappa shape index (κ2) is 9.21. The van der Waals surface area contributed by atoms with Crippen LogP contribution in [0.5, 0.6) is 0 Å². The summed E-state index contributed by atoms with van der Waals surface area (Å²) in [5.74, 6) is 0.527. The van der Waals surface area contributed by atoms with E-state index in [1.807, 2.05) is 19.9 Å². The van der Waals surface area contributed by atoms with E-state index in [2.05, 4.69) is 29.9 Å². The lowest BCUT2D eigenvalue weighted by molar-refractivity contribution is -0.120. The number of carbonyl (C=O) groups is 1. The van der Waals surface area contributed by atoms with Crippen LogP contribution in [-0.2, 0) is 14.8 Å². The summed E-state index contributed by atoms with van der Waals surface area (Å²) in [6.07, 6.45) is 2.93. The normalized spacial score (nSPS) is 14.9. The molecule has 4 rings (SSSR count). The maximum Gasteiger partial charge on any atom is 0.263 e. The number of nitrogens with zero attached hydrogens (tertiary/aromatic N) is 4. The molecule has 1 saturated heterocycles. The van der Waals surface area contributed by atoms with Gasteiger partial charge in [-0.25, -0.2) is 23.4 Å². The number of anilines is 3. The lowest BCUT2D eigenvalue weighted by atomic mass is 9.96. The highest BCUT2D eigenvalue weighted by molar-refractivity contribution is 7.93. The van der Waals surface area contributed by atoms with Gasteiger partial charge in [0.15, 0.2) is 5.13 Å². The van der Waals surface area contributed by atoms with Gasteiger partial charge in [-0.2, -0.15) is 0 Å². The molecule has 11 heteroatoms. The molecule has 1 fully saturated rings. The molecule has 32 heavy (non-hydrogen) atoms. The summed E-state index contributed by atoms with van der Waals surface area (Å²) in [6, 6.07) is 8.05. The lowest BCUT2D eigenvalue weighted by Crippen LogP contribution is -2.39. The van der Waals surface area contributed by atoms with Gasteiger partial charge in [-0.1, -0.05) is 0 Å². The predicted molar refractivity (Wildman–Crippen MR) is 124 cm³/mol. The van der Waals surface area contributed by atoms with Crippen molar-refractivity contribution in [3.05, 3.63) is 53.3 Å². The standard InChI is InChI=1S/C21H24N6O3S2/c1-14-13-15(2)24-20(23-14)27-10-7-16(8-11-27)19(28)25-17-3-5-18(6-4-17)32(29,30)26-21-22-9-12-31-21/h3-6,9,12-13,16H,7-8,10-11H2,1-2H3,(H,22,26)(H,25,28). The summed E-state index contributed by atoms with van der Waals surface area (Å²) in [4.78, 5) is 27.9. The van der Waals surface area contributed by atoms with Crippen molar-refractivity contribution in [3.63, 3.8) is 0 Å². The number of amides is 1. The molecule has 3 heterocycles. The molecule has 2 N–H and O–H groups in total. The monoisotopic (exact) mass is 472 g/mol. The number of nitrogens with one attached hydrogen (secondary N) is 2. The minimum Gasteiger partial charge on any atom is -0.341 e. The maximum absolute atomic E-state index is 12.7. The van der Waals surface area contributed by atoms with E-state index < -0.39 is 10.0 Å². The first kappa shape index (κ1) is 22.2. The van der Waals surface area contributed by atoms with Gasteiger partial charge in [0.1, 0.15) is 0 Å². The fourth-order valence-corrected chi connectivity index (χ4v) is 5.39. The van der Waals surface area contributed by atoms with Crippen molar-refractivity contribution in [3.8, 4) is 0 Å². The summed E-state index contributed by atoms with van der Waals surface area (Å²) in [5, 5.41) is 4.89. The van der Waals surface area contributed by atoms with Gasteiger partial charge in [-0.15, -0.1) is 11.3 Å². The van der Waals surface area contributed by atoms with Crippen molar-refractivity contribution >= 4 is 44.0 Å². The molecule has 0 atom stereocenters. The summed E-state index contributed by atoms with van der Waals surface area (Å²) in [7, 11) is -3.72. The first-order valence-electron chi connectivity index (χ1n) is 10.2. The molecule has 1 aliphatic heterocycles. The number of thiazole rings is 1. The lowest BCUT2D eigenvalue weighted by Gasteiger charge is -2.31. The number of piperidine rings is 1.